The zero-order valence-corrected chi connectivity index (χ0v) is 21.0. The second-order valence-corrected chi connectivity index (χ2v) is 9.56. The Bertz CT molecular complexity index is 1130. The number of amides is 1. The highest BCUT2D eigenvalue weighted by Gasteiger charge is 2.20. The summed E-state index contributed by atoms with van der Waals surface area (Å²) in [4.78, 5) is 24.6. The SMILES string of the molecule is Cc1cc(C)cc(C(CC(C)C)NC(=O)c2cc(Oc3ccccc3)ccc2CCCC(=O)O)c1. The van der Waals surface area contributed by atoms with Crippen LogP contribution < -0.4 is 10.1 Å². The number of carbonyl (C=O) groups is 2. The van der Waals surface area contributed by atoms with E-state index in [0.717, 1.165) is 28.7 Å². The normalized spacial score (nSPS) is 11.8. The summed E-state index contributed by atoms with van der Waals surface area (Å²) in [6, 6.07) is 21.1. The van der Waals surface area contributed by atoms with Crippen LogP contribution in [0.3, 0.4) is 0 Å². The maximum atomic E-state index is 13.6. The Morgan fingerprint density at radius 1 is 0.914 bits per heavy atom. The lowest BCUT2D eigenvalue weighted by Gasteiger charge is -2.23. The Kier molecular flexibility index (Phi) is 9.07. The van der Waals surface area contributed by atoms with Crippen LogP contribution in [-0.2, 0) is 11.2 Å². The molecule has 3 rings (SSSR count). The molecule has 1 atom stereocenters. The first kappa shape index (κ1) is 26.0. The van der Waals surface area contributed by atoms with Gasteiger partial charge in [-0.1, -0.05) is 67.4 Å². The molecule has 0 radical (unpaired) electrons. The number of aryl methyl sites for hydroxylation is 3. The van der Waals surface area contributed by atoms with Gasteiger partial charge in [0.2, 0.25) is 0 Å². The first-order valence-corrected chi connectivity index (χ1v) is 12.2. The number of nitrogens with one attached hydrogen (secondary N) is 1. The van der Waals surface area contributed by atoms with Gasteiger partial charge in [-0.25, -0.2) is 0 Å². The summed E-state index contributed by atoms with van der Waals surface area (Å²) in [5.41, 5.74) is 4.75. The van der Waals surface area contributed by atoms with E-state index < -0.39 is 5.97 Å². The minimum atomic E-state index is -0.841. The van der Waals surface area contributed by atoms with Crippen LogP contribution in [0.2, 0.25) is 0 Å². The van der Waals surface area contributed by atoms with Crippen molar-refractivity contribution >= 4 is 11.9 Å². The van der Waals surface area contributed by atoms with Gasteiger partial charge in [-0.2, -0.15) is 0 Å². The van der Waals surface area contributed by atoms with Gasteiger partial charge in [0.25, 0.3) is 5.91 Å². The maximum absolute atomic E-state index is 13.6. The second kappa shape index (κ2) is 12.2. The Balaban J connectivity index is 1.91. The molecule has 0 saturated carbocycles. The molecule has 0 aliphatic heterocycles. The number of carboxylic acid groups (broad SMARTS) is 1. The highest BCUT2D eigenvalue weighted by Crippen LogP contribution is 2.28. The molecule has 0 heterocycles. The standard InChI is InChI=1S/C30H35NO4/c1-20(2)15-28(24-17-21(3)16-22(4)18-24)31-30(34)27-19-26(35-25-10-6-5-7-11-25)14-13-23(27)9-8-12-29(32)33/h5-7,10-11,13-14,16-20,28H,8-9,12,15H2,1-4H3,(H,31,34)(H,32,33). The van der Waals surface area contributed by atoms with Crippen LogP contribution in [0.4, 0.5) is 0 Å². The lowest BCUT2D eigenvalue weighted by Crippen LogP contribution is -2.30. The number of carboxylic acids is 1. The van der Waals surface area contributed by atoms with E-state index in [9.17, 15) is 9.59 Å². The van der Waals surface area contributed by atoms with Crippen molar-refractivity contribution in [2.45, 2.75) is 59.4 Å². The van der Waals surface area contributed by atoms with Crippen molar-refractivity contribution in [1.29, 1.82) is 0 Å². The van der Waals surface area contributed by atoms with E-state index in [1.165, 1.54) is 0 Å². The summed E-state index contributed by atoms with van der Waals surface area (Å²) in [7, 11) is 0. The second-order valence-electron chi connectivity index (χ2n) is 9.56. The number of para-hydroxylation sites is 1. The minimum absolute atomic E-state index is 0.0574. The highest BCUT2D eigenvalue weighted by atomic mass is 16.5. The summed E-state index contributed by atoms with van der Waals surface area (Å²) in [5.74, 6) is 0.620. The lowest BCUT2D eigenvalue weighted by molar-refractivity contribution is -0.137. The summed E-state index contributed by atoms with van der Waals surface area (Å²) < 4.78 is 5.98. The van der Waals surface area contributed by atoms with E-state index in [1.54, 1.807) is 6.07 Å². The van der Waals surface area contributed by atoms with Gasteiger partial charge in [-0.3, -0.25) is 9.59 Å². The van der Waals surface area contributed by atoms with Crippen molar-refractivity contribution < 1.29 is 19.4 Å². The Morgan fingerprint density at radius 2 is 1.60 bits per heavy atom. The Labute approximate surface area is 208 Å². The number of carbonyl (C=O) groups excluding carboxylic acids is 1. The smallest absolute Gasteiger partial charge is 0.303 e. The third-order valence-electron chi connectivity index (χ3n) is 5.80. The zero-order chi connectivity index (χ0) is 25.4. The third-order valence-corrected chi connectivity index (χ3v) is 5.80. The van der Waals surface area contributed by atoms with Crippen molar-refractivity contribution in [3.8, 4) is 11.5 Å². The number of ether oxygens (including phenoxy) is 1. The molecular weight excluding hydrogens is 438 g/mol. The molecule has 5 heteroatoms. The van der Waals surface area contributed by atoms with Gasteiger partial charge in [0.15, 0.2) is 0 Å². The molecular formula is C30H35NO4. The number of benzene rings is 3. The topological polar surface area (TPSA) is 75.6 Å². The summed E-state index contributed by atoms with van der Waals surface area (Å²) in [6.45, 7) is 8.42. The number of hydrogen-bond donors (Lipinski definition) is 2. The monoisotopic (exact) mass is 473 g/mol. The van der Waals surface area contributed by atoms with Crippen LogP contribution in [-0.4, -0.2) is 17.0 Å². The lowest BCUT2D eigenvalue weighted by atomic mass is 9.93. The number of hydrogen-bond acceptors (Lipinski definition) is 3. The van der Waals surface area contributed by atoms with Crippen molar-refractivity contribution in [1.82, 2.24) is 5.32 Å². The van der Waals surface area contributed by atoms with E-state index >= 15 is 0 Å². The van der Waals surface area contributed by atoms with Gasteiger partial charge in [0.1, 0.15) is 11.5 Å². The average molecular weight is 474 g/mol. The Hall–Kier alpha value is -3.60. The van der Waals surface area contributed by atoms with E-state index in [4.69, 9.17) is 9.84 Å². The average Bonchev–Trinajstić information content (AvgIpc) is 2.79. The molecule has 0 saturated heterocycles. The molecule has 1 unspecified atom stereocenters. The highest BCUT2D eigenvalue weighted by molar-refractivity contribution is 5.96. The Morgan fingerprint density at radius 3 is 2.23 bits per heavy atom. The molecule has 0 spiro atoms. The fourth-order valence-electron chi connectivity index (χ4n) is 4.30. The van der Waals surface area contributed by atoms with Crippen LogP contribution in [0.5, 0.6) is 11.5 Å². The van der Waals surface area contributed by atoms with Gasteiger partial charge < -0.3 is 15.2 Å². The van der Waals surface area contributed by atoms with E-state index in [1.807, 2.05) is 42.5 Å². The van der Waals surface area contributed by atoms with Crippen molar-refractivity contribution in [3.63, 3.8) is 0 Å². The summed E-state index contributed by atoms with van der Waals surface area (Å²) in [5, 5.41) is 12.3. The summed E-state index contributed by atoms with van der Waals surface area (Å²) >= 11 is 0. The molecule has 0 aromatic heterocycles. The van der Waals surface area contributed by atoms with Gasteiger partial charge in [-0.05, 0) is 74.4 Å². The minimum Gasteiger partial charge on any atom is -0.481 e. The van der Waals surface area contributed by atoms with Crippen LogP contribution >= 0.6 is 0 Å². The van der Waals surface area contributed by atoms with Gasteiger partial charge in [0.05, 0.1) is 6.04 Å². The molecule has 0 fully saturated rings. The van der Waals surface area contributed by atoms with Crippen LogP contribution in [0.15, 0.2) is 66.7 Å². The molecule has 35 heavy (non-hydrogen) atoms. The largest absolute Gasteiger partial charge is 0.481 e. The molecule has 1 amide bonds. The molecule has 5 nitrogen and oxygen atoms in total. The quantitative estimate of drug-likeness (QED) is 0.314. The fourth-order valence-corrected chi connectivity index (χ4v) is 4.30. The van der Waals surface area contributed by atoms with Crippen LogP contribution in [0.1, 0.15) is 71.8 Å². The van der Waals surface area contributed by atoms with Crippen molar-refractivity contribution in [2.75, 3.05) is 0 Å². The third kappa shape index (κ3) is 7.99. The molecule has 3 aromatic rings. The molecule has 184 valence electrons. The van der Waals surface area contributed by atoms with Crippen molar-refractivity contribution in [2.24, 2.45) is 5.92 Å². The first-order chi connectivity index (χ1) is 16.7. The summed E-state index contributed by atoms with van der Waals surface area (Å²) in [6.07, 6.45) is 1.82. The fraction of sp³-hybridized carbons (Fsp3) is 0.333. The number of rotatable bonds is 11. The maximum Gasteiger partial charge on any atom is 0.303 e. The zero-order valence-electron chi connectivity index (χ0n) is 21.0. The molecule has 2 N–H and O–H groups in total. The van der Waals surface area contributed by atoms with Crippen molar-refractivity contribution in [3.05, 3.63) is 94.5 Å². The van der Waals surface area contributed by atoms with Gasteiger partial charge in [-0.15, -0.1) is 0 Å². The van der Waals surface area contributed by atoms with E-state index in [0.29, 0.717) is 35.8 Å². The molecule has 0 aliphatic rings. The molecule has 0 aliphatic carbocycles. The predicted molar refractivity (Wildman–Crippen MR) is 139 cm³/mol. The van der Waals surface area contributed by atoms with Crippen LogP contribution in [0.25, 0.3) is 0 Å². The molecule has 0 bridgehead atoms. The number of aliphatic carboxylic acids is 1. The van der Waals surface area contributed by atoms with E-state index in [-0.39, 0.29) is 18.4 Å². The molecule has 3 aromatic carbocycles. The van der Waals surface area contributed by atoms with Gasteiger partial charge >= 0.3 is 5.97 Å². The van der Waals surface area contributed by atoms with Gasteiger partial charge in [0, 0.05) is 12.0 Å². The first-order valence-electron chi connectivity index (χ1n) is 12.2. The van der Waals surface area contributed by atoms with Crippen LogP contribution in [0, 0.1) is 19.8 Å². The van der Waals surface area contributed by atoms with E-state index in [2.05, 4.69) is 51.2 Å². The predicted octanol–water partition coefficient (Wildman–Crippen LogP) is 7.02.